The SMILES string of the molecule is CCC(N)CCCOc1ccc(C(C)(C)CC)cc1. The summed E-state index contributed by atoms with van der Waals surface area (Å²) < 4.78 is 5.75. The topological polar surface area (TPSA) is 35.2 Å². The van der Waals surface area contributed by atoms with Crippen molar-refractivity contribution in [3.05, 3.63) is 29.8 Å². The van der Waals surface area contributed by atoms with Crippen molar-refractivity contribution < 1.29 is 4.74 Å². The second-order valence-corrected chi connectivity index (χ2v) is 5.92. The predicted molar refractivity (Wildman–Crippen MR) is 82.8 cm³/mol. The van der Waals surface area contributed by atoms with E-state index in [1.165, 1.54) is 5.56 Å². The van der Waals surface area contributed by atoms with Crippen molar-refractivity contribution in [2.24, 2.45) is 5.73 Å². The fraction of sp³-hybridized carbons (Fsp3) is 0.647. The first-order valence-electron chi connectivity index (χ1n) is 7.48. The van der Waals surface area contributed by atoms with Crippen molar-refractivity contribution in [2.45, 2.75) is 64.8 Å². The second kappa shape index (κ2) is 7.54. The smallest absolute Gasteiger partial charge is 0.119 e. The molecule has 19 heavy (non-hydrogen) atoms. The maximum absolute atomic E-state index is 5.88. The molecule has 0 aliphatic heterocycles. The minimum atomic E-state index is 0.242. The molecule has 2 nitrogen and oxygen atoms in total. The van der Waals surface area contributed by atoms with Crippen molar-refractivity contribution in [1.82, 2.24) is 0 Å². The van der Waals surface area contributed by atoms with E-state index in [0.717, 1.165) is 38.0 Å². The van der Waals surface area contributed by atoms with Crippen LogP contribution >= 0.6 is 0 Å². The van der Waals surface area contributed by atoms with Crippen LogP contribution in [0.3, 0.4) is 0 Å². The molecular weight excluding hydrogens is 234 g/mol. The van der Waals surface area contributed by atoms with Gasteiger partial charge in [0.05, 0.1) is 6.61 Å². The Bertz CT molecular complexity index is 356. The zero-order valence-corrected chi connectivity index (χ0v) is 12.9. The highest BCUT2D eigenvalue weighted by molar-refractivity contribution is 5.31. The van der Waals surface area contributed by atoms with Gasteiger partial charge < -0.3 is 10.5 Å². The summed E-state index contributed by atoms with van der Waals surface area (Å²) in [7, 11) is 0. The lowest BCUT2D eigenvalue weighted by Gasteiger charge is -2.23. The largest absolute Gasteiger partial charge is 0.494 e. The summed E-state index contributed by atoms with van der Waals surface area (Å²) in [6.07, 6.45) is 4.25. The highest BCUT2D eigenvalue weighted by Crippen LogP contribution is 2.28. The first kappa shape index (κ1) is 16.0. The average molecular weight is 263 g/mol. The van der Waals surface area contributed by atoms with E-state index in [1.807, 2.05) is 0 Å². The quantitative estimate of drug-likeness (QED) is 0.711. The molecule has 1 aromatic rings. The van der Waals surface area contributed by atoms with Crippen LogP contribution in [0.4, 0.5) is 0 Å². The van der Waals surface area contributed by atoms with Crippen LogP contribution in [0, 0.1) is 0 Å². The van der Waals surface area contributed by atoms with Crippen molar-refractivity contribution in [3.63, 3.8) is 0 Å². The number of benzene rings is 1. The van der Waals surface area contributed by atoms with Gasteiger partial charge in [0.15, 0.2) is 0 Å². The monoisotopic (exact) mass is 263 g/mol. The molecule has 0 heterocycles. The van der Waals surface area contributed by atoms with E-state index in [2.05, 4.69) is 52.0 Å². The van der Waals surface area contributed by atoms with E-state index in [-0.39, 0.29) is 5.41 Å². The van der Waals surface area contributed by atoms with E-state index in [0.29, 0.717) is 6.04 Å². The van der Waals surface area contributed by atoms with Crippen LogP contribution in [-0.2, 0) is 5.41 Å². The number of hydrogen-bond donors (Lipinski definition) is 1. The van der Waals surface area contributed by atoms with Crippen LogP contribution in [0.15, 0.2) is 24.3 Å². The first-order chi connectivity index (χ1) is 8.99. The summed E-state index contributed by atoms with van der Waals surface area (Å²) in [5, 5.41) is 0. The third-order valence-corrected chi connectivity index (χ3v) is 4.03. The molecule has 0 saturated carbocycles. The summed E-state index contributed by atoms with van der Waals surface area (Å²) >= 11 is 0. The molecule has 2 N–H and O–H groups in total. The van der Waals surface area contributed by atoms with E-state index in [1.54, 1.807) is 0 Å². The molecule has 0 amide bonds. The Morgan fingerprint density at radius 2 is 1.79 bits per heavy atom. The third-order valence-electron chi connectivity index (χ3n) is 4.03. The Kier molecular flexibility index (Phi) is 6.36. The van der Waals surface area contributed by atoms with Crippen LogP contribution in [0.25, 0.3) is 0 Å². The molecular formula is C17H29NO. The van der Waals surface area contributed by atoms with Crippen molar-refractivity contribution in [1.29, 1.82) is 0 Å². The molecule has 0 spiro atoms. The Labute approximate surface area is 118 Å². The second-order valence-electron chi connectivity index (χ2n) is 5.92. The molecule has 0 radical (unpaired) electrons. The summed E-state index contributed by atoms with van der Waals surface area (Å²) in [5.74, 6) is 0.959. The number of hydrogen-bond acceptors (Lipinski definition) is 2. The predicted octanol–water partition coefficient (Wildman–Crippen LogP) is 4.27. The maximum Gasteiger partial charge on any atom is 0.119 e. The summed E-state index contributed by atoms with van der Waals surface area (Å²) in [4.78, 5) is 0. The zero-order chi connectivity index (χ0) is 14.3. The molecule has 1 atom stereocenters. The summed E-state index contributed by atoms with van der Waals surface area (Å²) in [6.45, 7) is 9.65. The molecule has 0 bridgehead atoms. The molecule has 0 aromatic heterocycles. The minimum absolute atomic E-state index is 0.242. The van der Waals surface area contributed by atoms with E-state index in [4.69, 9.17) is 10.5 Å². The first-order valence-corrected chi connectivity index (χ1v) is 7.48. The Morgan fingerprint density at radius 1 is 1.16 bits per heavy atom. The number of ether oxygens (including phenoxy) is 1. The van der Waals surface area contributed by atoms with Gasteiger partial charge in [-0.2, -0.15) is 0 Å². The Balaban J connectivity index is 2.41. The van der Waals surface area contributed by atoms with E-state index < -0.39 is 0 Å². The fourth-order valence-corrected chi connectivity index (χ4v) is 1.95. The summed E-state index contributed by atoms with van der Waals surface area (Å²) in [6, 6.07) is 8.82. The van der Waals surface area contributed by atoms with Crippen molar-refractivity contribution in [2.75, 3.05) is 6.61 Å². The van der Waals surface area contributed by atoms with Gasteiger partial charge in [0.25, 0.3) is 0 Å². The maximum atomic E-state index is 5.88. The molecule has 0 saturated heterocycles. The van der Waals surface area contributed by atoms with Crippen LogP contribution < -0.4 is 10.5 Å². The van der Waals surface area contributed by atoms with Crippen molar-refractivity contribution >= 4 is 0 Å². The standard InChI is InChI=1S/C17H29NO/c1-5-15(18)8-7-13-19-16-11-9-14(10-12-16)17(3,4)6-2/h9-12,15H,5-8,13,18H2,1-4H3. The molecule has 1 aromatic carbocycles. The highest BCUT2D eigenvalue weighted by atomic mass is 16.5. The van der Waals surface area contributed by atoms with Gasteiger partial charge in [-0.3, -0.25) is 0 Å². The lowest BCUT2D eigenvalue weighted by molar-refractivity contribution is 0.300. The normalized spacial score (nSPS) is 13.3. The molecule has 2 heteroatoms. The molecule has 108 valence electrons. The number of rotatable bonds is 8. The van der Waals surface area contributed by atoms with Gasteiger partial charge >= 0.3 is 0 Å². The van der Waals surface area contributed by atoms with E-state index in [9.17, 15) is 0 Å². The fourth-order valence-electron chi connectivity index (χ4n) is 1.95. The molecule has 1 rings (SSSR count). The highest BCUT2D eigenvalue weighted by Gasteiger charge is 2.17. The average Bonchev–Trinajstić information content (AvgIpc) is 2.43. The Hall–Kier alpha value is -1.02. The molecule has 0 aliphatic carbocycles. The van der Waals surface area contributed by atoms with Gasteiger partial charge in [0.1, 0.15) is 5.75 Å². The van der Waals surface area contributed by atoms with Gasteiger partial charge in [-0.15, -0.1) is 0 Å². The van der Waals surface area contributed by atoms with Gasteiger partial charge in [-0.25, -0.2) is 0 Å². The Morgan fingerprint density at radius 3 is 2.32 bits per heavy atom. The van der Waals surface area contributed by atoms with Gasteiger partial charge in [0.2, 0.25) is 0 Å². The summed E-state index contributed by atoms with van der Waals surface area (Å²) in [5.41, 5.74) is 7.49. The van der Waals surface area contributed by atoms with Crippen LogP contribution in [0.5, 0.6) is 5.75 Å². The van der Waals surface area contributed by atoms with Crippen molar-refractivity contribution in [3.8, 4) is 5.75 Å². The van der Waals surface area contributed by atoms with E-state index >= 15 is 0 Å². The third kappa shape index (κ3) is 5.23. The van der Waals surface area contributed by atoms with Gasteiger partial charge in [-0.05, 0) is 48.8 Å². The lowest BCUT2D eigenvalue weighted by Crippen LogP contribution is -2.19. The lowest BCUT2D eigenvalue weighted by atomic mass is 9.82. The number of nitrogens with two attached hydrogens (primary N) is 1. The minimum Gasteiger partial charge on any atom is -0.494 e. The van der Waals surface area contributed by atoms with Gasteiger partial charge in [-0.1, -0.05) is 39.8 Å². The molecule has 0 aliphatic rings. The molecule has 1 unspecified atom stereocenters. The zero-order valence-electron chi connectivity index (χ0n) is 12.9. The van der Waals surface area contributed by atoms with Crippen LogP contribution in [0.2, 0.25) is 0 Å². The van der Waals surface area contributed by atoms with Crippen LogP contribution in [-0.4, -0.2) is 12.6 Å². The molecule has 0 fully saturated rings. The van der Waals surface area contributed by atoms with Gasteiger partial charge in [0, 0.05) is 6.04 Å². The van der Waals surface area contributed by atoms with Crippen LogP contribution in [0.1, 0.15) is 58.9 Å².